The van der Waals surface area contributed by atoms with Crippen LogP contribution in [-0.4, -0.2) is 18.5 Å². The Hall–Kier alpha value is -2.62. The summed E-state index contributed by atoms with van der Waals surface area (Å²) in [5, 5.41) is 2.96. The summed E-state index contributed by atoms with van der Waals surface area (Å²) in [6.07, 6.45) is 0.822. The van der Waals surface area contributed by atoms with Crippen molar-refractivity contribution in [3.8, 4) is 0 Å². The number of nitrogens with one attached hydrogen (secondary N) is 1. The zero-order valence-electron chi connectivity index (χ0n) is 14.1. The topological polar surface area (TPSA) is 55.4 Å². The number of ether oxygens (including phenoxy) is 1. The Labute approximate surface area is 142 Å². The van der Waals surface area contributed by atoms with E-state index in [0.717, 1.165) is 12.0 Å². The van der Waals surface area contributed by atoms with Crippen LogP contribution in [0.2, 0.25) is 0 Å². The Kier molecular flexibility index (Phi) is 6.55. The number of hydrogen-bond donors (Lipinski definition) is 1. The summed E-state index contributed by atoms with van der Waals surface area (Å²) in [6.45, 7) is 3.93. The highest BCUT2D eigenvalue weighted by atomic mass is 16.5. The second-order valence-electron chi connectivity index (χ2n) is 6.10. The molecule has 0 saturated heterocycles. The minimum atomic E-state index is -0.495. The minimum absolute atomic E-state index is 0.0888. The number of benzene rings is 2. The van der Waals surface area contributed by atoms with Gasteiger partial charge in [0, 0.05) is 0 Å². The average molecular weight is 325 g/mol. The van der Waals surface area contributed by atoms with Gasteiger partial charge >= 0.3 is 5.97 Å². The van der Waals surface area contributed by atoms with Gasteiger partial charge < -0.3 is 10.1 Å². The first-order valence-corrected chi connectivity index (χ1v) is 8.12. The molecule has 2 aromatic rings. The smallest absolute Gasteiger partial charge is 0.338 e. The molecule has 24 heavy (non-hydrogen) atoms. The standard InChI is InChI=1S/C20H23NO3/c1-15(2)13-18(16-9-5-3-6-10-16)21-19(22)14-24-20(23)17-11-7-4-8-12-17/h3-12,15,18H,13-14H2,1-2H3,(H,21,22)/t18-/m0/s1. The molecule has 0 fully saturated rings. The molecule has 0 spiro atoms. The summed E-state index contributed by atoms with van der Waals surface area (Å²) in [4.78, 5) is 24.0. The third kappa shape index (κ3) is 5.54. The van der Waals surface area contributed by atoms with E-state index in [-0.39, 0.29) is 18.6 Å². The van der Waals surface area contributed by atoms with Crippen LogP contribution in [0.1, 0.15) is 42.2 Å². The van der Waals surface area contributed by atoms with Crippen LogP contribution in [0.15, 0.2) is 60.7 Å². The van der Waals surface area contributed by atoms with Crippen LogP contribution in [0.5, 0.6) is 0 Å². The van der Waals surface area contributed by atoms with Gasteiger partial charge in [0.15, 0.2) is 6.61 Å². The molecule has 0 aliphatic heterocycles. The summed E-state index contributed by atoms with van der Waals surface area (Å²) in [7, 11) is 0. The fraction of sp³-hybridized carbons (Fsp3) is 0.300. The molecule has 4 heteroatoms. The molecule has 0 saturated carbocycles. The van der Waals surface area contributed by atoms with Crippen LogP contribution in [0.25, 0.3) is 0 Å². The Bertz CT molecular complexity index is 653. The monoisotopic (exact) mass is 325 g/mol. The maximum atomic E-state index is 12.2. The molecule has 0 aromatic heterocycles. The van der Waals surface area contributed by atoms with Crippen molar-refractivity contribution in [1.29, 1.82) is 0 Å². The zero-order valence-corrected chi connectivity index (χ0v) is 14.1. The number of amides is 1. The second kappa shape index (κ2) is 8.87. The van der Waals surface area contributed by atoms with E-state index in [0.29, 0.717) is 11.5 Å². The molecule has 1 atom stereocenters. The van der Waals surface area contributed by atoms with Gasteiger partial charge in [0.2, 0.25) is 0 Å². The fourth-order valence-electron chi connectivity index (χ4n) is 2.46. The van der Waals surface area contributed by atoms with Gasteiger partial charge in [0.05, 0.1) is 11.6 Å². The van der Waals surface area contributed by atoms with E-state index in [9.17, 15) is 9.59 Å². The van der Waals surface area contributed by atoms with Crippen molar-refractivity contribution in [2.75, 3.05) is 6.61 Å². The van der Waals surface area contributed by atoms with Crippen LogP contribution < -0.4 is 5.32 Å². The van der Waals surface area contributed by atoms with Crippen molar-refractivity contribution in [2.24, 2.45) is 5.92 Å². The minimum Gasteiger partial charge on any atom is -0.452 e. The molecule has 0 bridgehead atoms. The Balaban J connectivity index is 1.92. The molecule has 1 N–H and O–H groups in total. The van der Waals surface area contributed by atoms with E-state index in [2.05, 4.69) is 19.2 Å². The van der Waals surface area contributed by atoms with Crippen molar-refractivity contribution in [3.05, 3.63) is 71.8 Å². The highest BCUT2D eigenvalue weighted by molar-refractivity contribution is 5.91. The van der Waals surface area contributed by atoms with Gasteiger partial charge in [0.1, 0.15) is 0 Å². The number of carbonyl (C=O) groups is 2. The Morgan fingerprint density at radius 1 is 0.958 bits per heavy atom. The van der Waals surface area contributed by atoms with E-state index in [1.807, 2.05) is 36.4 Å². The Morgan fingerprint density at radius 3 is 2.12 bits per heavy atom. The molecule has 126 valence electrons. The SMILES string of the molecule is CC(C)C[C@H](NC(=O)COC(=O)c1ccccc1)c1ccccc1. The zero-order chi connectivity index (χ0) is 17.4. The molecule has 0 heterocycles. The lowest BCUT2D eigenvalue weighted by Gasteiger charge is -2.21. The van der Waals surface area contributed by atoms with Gasteiger partial charge in [-0.2, -0.15) is 0 Å². The lowest BCUT2D eigenvalue weighted by atomic mass is 9.97. The predicted molar refractivity (Wildman–Crippen MR) is 93.5 cm³/mol. The quantitative estimate of drug-likeness (QED) is 0.789. The molecule has 2 aromatic carbocycles. The first kappa shape index (κ1) is 17.7. The molecule has 0 unspecified atom stereocenters. The maximum absolute atomic E-state index is 12.2. The number of rotatable bonds is 7. The van der Waals surface area contributed by atoms with Gasteiger partial charge in [-0.25, -0.2) is 4.79 Å². The molecule has 0 aliphatic carbocycles. The summed E-state index contributed by atoms with van der Waals surface area (Å²) < 4.78 is 5.08. The van der Waals surface area contributed by atoms with Gasteiger partial charge in [-0.1, -0.05) is 62.4 Å². The normalized spacial score (nSPS) is 11.8. The molecule has 4 nitrogen and oxygen atoms in total. The van der Waals surface area contributed by atoms with E-state index < -0.39 is 5.97 Å². The molecular weight excluding hydrogens is 302 g/mol. The molecule has 0 radical (unpaired) electrons. The van der Waals surface area contributed by atoms with Crippen molar-refractivity contribution in [3.63, 3.8) is 0 Å². The number of hydrogen-bond acceptors (Lipinski definition) is 3. The molecule has 1 amide bonds. The highest BCUT2D eigenvalue weighted by Gasteiger charge is 2.17. The van der Waals surface area contributed by atoms with Gasteiger partial charge in [-0.15, -0.1) is 0 Å². The van der Waals surface area contributed by atoms with Crippen LogP contribution in [0.4, 0.5) is 0 Å². The number of carbonyl (C=O) groups excluding carboxylic acids is 2. The van der Waals surface area contributed by atoms with Crippen LogP contribution in [0.3, 0.4) is 0 Å². The van der Waals surface area contributed by atoms with E-state index in [1.54, 1.807) is 24.3 Å². The summed E-state index contributed by atoms with van der Waals surface area (Å²) in [6, 6.07) is 18.4. The summed E-state index contributed by atoms with van der Waals surface area (Å²) in [5.74, 6) is -0.359. The number of esters is 1. The summed E-state index contributed by atoms with van der Waals surface area (Å²) >= 11 is 0. The highest BCUT2D eigenvalue weighted by Crippen LogP contribution is 2.20. The first-order chi connectivity index (χ1) is 11.6. The van der Waals surface area contributed by atoms with Crippen LogP contribution >= 0.6 is 0 Å². The van der Waals surface area contributed by atoms with Crippen LogP contribution in [-0.2, 0) is 9.53 Å². The van der Waals surface area contributed by atoms with E-state index >= 15 is 0 Å². The largest absolute Gasteiger partial charge is 0.452 e. The summed E-state index contributed by atoms with van der Waals surface area (Å²) in [5.41, 5.74) is 1.49. The third-order valence-corrected chi connectivity index (χ3v) is 3.59. The van der Waals surface area contributed by atoms with Crippen LogP contribution in [0, 0.1) is 5.92 Å². The Morgan fingerprint density at radius 2 is 1.54 bits per heavy atom. The van der Waals surface area contributed by atoms with Crippen molar-refractivity contribution in [2.45, 2.75) is 26.3 Å². The lowest BCUT2D eigenvalue weighted by Crippen LogP contribution is -2.33. The third-order valence-electron chi connectivity index (χ3n) is 3.59. The van der Waals surface area contributed by atoms with Crippen molar-refractivity contribution < 1.29 is 14.3 Å². The van der Waals surface area contributed by atoms with Gasteiger partial charge in [-0.3, -0.25) is 4.79 Å². The molecule has 2 rings (SSSR count). The van der Waals surface area contributed by atoms with Gasteiger partial charge in [0.25, 0.3) is 5.91 Å². The average Bonchev–Trinajstić information content (AvgIpc) is 2.60. The van der Waals surface area contributed by atoms with Crippen molar-refractivity contribution >= 4 is 11.9 Å². The maximum Gasteiger partial charge on any atom is 0.338 e. The van der Waals surface area contributed by atoms with E-state index in [4.69, 9.17) is 4.74 Å². The fourth-order valence-corrected chi connectivity index (χ4v) is 2.46. The van der Waals surface area contributed by atoms with E-state index in [1.165, 1.54) is 0 Å². The van der Waals surface area contributed by atoms with Gasteiger partial charge in [-0.05, 0) is 30.0 Å². The predicted octanol–water partition coefficient (Wildman–Crippen LogP) is 3.75. The molecular formula is C20H23NO3. The second-order valence-corrected chi connectivity index (χ2v) is 6.10. The van der Waals surface area contributed by atoms with Crippen molar-refractivity contribution in [1.82, 2.24) is 5.32 Å². The first-order valence-electron chi connectivity index (χ1n) is 8.12. The lowest BCUT2D eigenvalue weighted by molar-refractivity contribution is -0.125. The molecule has 0 aliphatic rings.